The average Bonchev–Trinajstić information content (AvgIpc) is 2.70. The van der Waals surface area contributed by atoms with E-state index < -0.39 is 10.0 Å². The summed E-state index contributed by atoms with van der Waals surface area (Å²) >= 11 is 0. The molecule has 0 amide bonds. The average molecular weight is 278 g/mol. The summed E-state index contributed by atoms with van der Waals surface area (Å²) in [6.45, 7) is 1.67. The highest BCUT2D eigenvalue weighted by Crippen LogP contribution is 2.21. The predicted octanol–water partition coefficient (Wildman–Crippen LogP) is 0.368. The lowest BCUT2D eigenvalue weighted by Crippen LogP contribution is -2.14. The van der Waals surface area contributed by atoms with Crippen molar-refractivity contribution in [2.75, 3.05) is 10.5 Å². The maximum Gasteiger partial charge on any atom is 0.264 e. The first kappa shape index (κ1) is 12.8. The van der Waals surface area contributed by atoms with Crippen molar-refractivity contribution in [1.82, 2.24) is 15.2 Å². The number of rotatable bonds is 3. The van der Waals surface area contributed by atoms with Crippen LogP contribution in [0.3, 0.4) is 0 Å². The highest BCUT2D eigenvalue weighted by molar-refractivity contribution is 7.92. The third-order valence-corrected chi connectivity index (χ3v) is 3.71. The van der Waals surface area contributed by atoms with E-state index in [0.29, 0.717) is 5.69 Å². The topological polar surface area (TPSA) is 138 Å². The summed E-state index contributed by atoms with van der Waals surface area (Å²) in [7, 11) is -3.83. The van der Waals surface area contributed by atoms with Gasteiger partial charge in [-0.05, 0) is 19.1 Å². The zero-order valence-corrected chi connectivity index (χ0v) is 10.7. The predicted molar refractivity (Wildman–Crippen MR) is 67.5 cm³/mol. The molecular weight excluding hydrogens is 268 g/mol. The standard InChI is InChI=1S/C10H10N6O2S/c1-6-9(12)10(15-14-6)16-19(17,18)8-3-2-7(4-11)13-5-8/h2-3,5H,12H2,1H3,(H2,14,15,16). The molecule has 0 aromatic carbocycles. The van der Waals surface area contributed by atoms with E-state index in [1.165, 1.54) is 12.1 Å². The first-order valence-corrected chi connectivity index (χ1v) is 6.62. The van der Waals surface area contributed by atoms with Gasteiger partial charge in [0, 0.05) is 6.20 Å². The van der Waals surface area contributed by atoms with Gasteiger partial charge in [0.05, 0.1) is 11.4 Å². The van der Waals surface area contributed by atoms with Crippen LogP contribution in [0.1, 0.15) is 11.4 Å². The minimum Gasteiger partial charge on any atom is -0.394 e. The molecule has 2 aromatic heterocycles. The Morgan fingerprint density at radius 1 is 1.47 bits per heavy atom. The minimum atomic E-state index is -3.83. The zero-order valence-electron chi connectivity index (χ0n) is 9.88. The maximum atomic E-state index is 12.0. The summed E-state index contributed by atoms with van der Waals surface area (Å²) in [5.74, 6) is 0.0295. The number of hydrogen-bond donors (Lipinski definition) is 3. The normalized spacial score (nSPS) is 10.9. The third-order valence-electron chi connectivity index (χ3n) is 2.39. The maximum absolute atomic E-state index is 12.0. The molecule has 0 aliphatic carbocycles. The SMILES string of the molecule is Cc1[nH]nc(NS(=O)(=O)c2ccc(C#N)nc2)c1N. The van der Waals surface area contributed by atoms with Crippen LogP contribution in [0.25, 0.3) is 0 Å². The minimum absolute atomic E-state index is 0.0295. The van der Waals surface area contributed by atoms with Gasteiger partial charge in [0.25, 0.3) is 10.0 Å². The zero-order chi connectivity index (χ0) is 14.0. The van der Waals surface area contributed by atoms with Crippen LogP contribution in [0.15, 0.2) is 23.2 Å². The van der Waals surface area contributed by atoms with Gasteiger partial charge in [-0.25, -0.2) is 13.4 Å². The van der Waals surface area contributed by atoms with Gasteiger partial charge < -0.3 is 5.73 Å². The largest absolute Gasteiger partial charge is 0.394 e. The summed E-state index contributed by atoms with van der Waals surface area (Å²) in [4.78, 5) is 3.62. The number of nitrogens with one attached hydrogen (secondary N) is 2. The van der Waals surface area contributed by atoms with Crippen LogP contribution in [0.5, 0.6) is 0 Å². The molecule has 0 bridgehead atoms. The summed E-state index contributed by atoms with van der Waals surface area (Å²) in [5, 5.41) is 14.9. The molecule has 0 radical (unpaired) electrons. The Balaban J connectivity index is 2.32. The number of pyridine rings is 1. The third kappa shape index (κ3) is 2.48. The number of anilines is 2. The molecule has 0 aliphatic rings. The molecule has 0 saturated heterocycles. The lowest BCUT2D eigenvalue weighted by molar-refractivity contribution is 0.600. The lowest BCUT2D eigenvalue weighted by Gasteiger charge is -2.05. The summed E-state index contributed by atoms with van der Waals surface area (Å²) in [6.07, 6.45) is 1.09. The van der Waals surface area contributed by atoms with Crippen molar-refractivity contribution in [3.63, 3.8) is 0 Å². The molecule has 19 heavy (non-hydrogen) atoms. The molecule has 4 N–H and O–H groups in total. The van der Waals surface area contributed by atoms with Crippen molar-refractivity contribution in [3.05, 3.63) is 29.7 Å². The summed E-state index contributed by atoms with van der Waals surface area (Å²) in [5.41, 5.74) is 6.58. The van der Waals surface area contributed by atoms with Crippen LogP contribution < -0.4 is 10.5 Å². The second-order valence-corrected chi connectivity index (χ2v) is 5.39. The van der Waals surface area contributed by atoms with Crippen molar-refractivity contribution < 1.29 is 8.42 Å². The fourth-order valence-corrected chi connectivity index (χ4v) is 2.27. The number of aromatic nitrogens is 3. The number of H-pyrrole nitrogens is 1. The highest BCUT2D eigenvalue weighted by Gasteiger charge is 2.18. The number of sulfonamides is 1. The second kappa shape index (κ2) is 4.58. The summed E-state index contributed by atoms with van der Waals surface area (Å²) < 4.78 is 26.3. The number of nitriles is 1. The van der Waals surface area contributed by atoms with Gasteiger partial charge in [-0.2, -0.15) is 10.4 Å². The summed E-state index contributed by atoms with van der Waals surface area (Å²) in [6, 6.07) is 4.40. The van der Waals surface area contributed by atoms with Crippen molar-refractivity contribution in [2.24, 2.45) is 0 Å². The van der Waals surface area contributed by atoms with E-state index >= 15 is 0 Å². The van der Waals surface area contributed by atoms with Crippen LogP contribution in [0.4, 0.5) is 11.5 Å². The van der Waals surface area contributed by atoms with Crippen LogP contribution in [-0.2, 0) is 10.0 Å². The molecule has 2 rings (SSSR count). The molecule has 2 heterocycles. The molecule has 0 spiro atoms. The van der Waals surface area contributed by atoms with E-state index in [1.54, 1.807) is 13.0 Å². The fraction of sp³-hybridized carbons (Fsp3) is 0.100. The van der Waals surface area contributed by atoms with E-state index in [2.05, 4.69) is 19.9 Å². The first-order chi connectivity index (χ1) is 8.94. The van der Waals surface area contributed by atoms with Crippen molar-refractivity contribution in [1.29, 1.82) is 5.26 Å². The first-order valence-electron chi connectivity index (χ1n) is 5.13. The second-order valence-electron chi connectivity index (χ2n) is 3.71. The smallest absolute Gasteiger partial charge is 0.264 e. The number of hydrogen-bond acceptors (Lipinski definition) is 6. The molecule has 9 heteroatoms. The molecule has 98 valence electrons. The number of aryl methyl sites for hydroxylation is 1. The Kier molecular flexibility index (Phi) is 3.10. The molecule has 2 aromatic rings. The molecule has 8 nitrogen and oxygen atoms in total. The van der Waals surface area contributed by atoms with Crippen molar-refractivity contribution in [2.45, 2.75) is 11.8 Å². The van der Waals surface area contributed by atoms with Crippen LogP contribution in [-0.4, -0.2) is 23.6 Å². The van der Waals surface area contributed by atoms with Crippen LogP contribution in [0.2, 0.25) is 0 Å². The number of nitrogen functional groups attached to an aromatic ring is 1. The molecule has 0 aliphatic heterocycles. The molecule has 0 fully saturated rings. The Labute approximate surface area is 109 Å². The lowest BCUT2D eigenvalue weighted by atomic mass is 10.4. The van der Waals surface area contributed by atoms with Gasteiger partial charge in [0.15, 0.2) is 5.82 Å². The Morgan fingerprint density at radius 3 is 2.68 bits per heavy atom. The van der Waals surface area contributed by atoms with Crippen molar-refractivity contribution >= 4 is 21.5 Å². The van der Waals surface area contributed by atoms with Gasteiger partial charge in [0.1, 0.15) is 16.7 Å². The van der Waals surface area contributed by atoms with E-state index in [-0.39, 0.29) is 22.1 Å². The quantitative estimate of drug-likeness (QED) is 0.741. The number of nitrogens with zero attached hydrogens (tertiary/aromatic N) is 3. The molecule has 0 unspecified atom stereocenters. The van der Waals surface area contributed by atoms with Gasteiger partial charge >= 0.3 is 0 Å². The molecule has 0 atom stereocenters. The Morgan fingerprint density at radius 2 is 2.21 bits per heavy atom. The van der Waals surface area contributed by atoms with E-state index in [1.807, 2.05) is 0 Å². The number of aromatic amines is 1. The van der Waals surface area contributed by atoms with E-state index in [9.17, 15) is 8.42 Å². The van der Waals surface area contributed by atoms with E-state index in [4.69, 9.17) is 11.0 Å². The number of nitrogens with two attached hydrogens (primary N) is 1. The van der Waals surface area contributed by atoms with Gasteiger partial charge in [-0.1, -0.05) is 0 Å². The van der Waals surface area contributed by atoms with Crippen LogP contribution in [0, 0.1) is 18.3 Å². The van der Waals surface area contributed by atoms with Crippen molar-refractivity contribution in [3.8, 4) is 6.07 Å². The Hall–Kier alpha value is -2.60. The monoisotopic (exact) mass is 278 g/mol. The van der Waals surface area contributed by atoms with Gasteiger partial charge in [-0.15, -0.1) is 0 Å². The fourth-order valence-electron chi connectivity index (χ4n) is 1.31. The molecular formula is C10H10N6O2S. The van der Waals surface area contributed by atoms with Gasteiger partial charge in [-0.3, -0.25) is 9.82 Å². The highest BCUT2D eigenvalue weighted by atomic mass is 32.2. The molecule has 0 saturated carbocycles. The van der Waals surface area contributed by atoms with E-state index in [0.717, 1.165) is 6.20 Å². The Bertz CT molecular complexity index is 741. The van der Waals surface area contributed by atoms with Crippen LogP contribution >= 0.6 is 0 Å². The van der Waals surface area contributed by atoms with Gasteiger partial charge in [0.2, 0.25) is 0 Å².